The van der Waals surface area contributed by atoms with Gasteiger partial charge >= 0.3 is 0 Å². The molecule has 0 N–H and O–H groups in total. The number of ketones is 1. The van der Waals surface area contributed by atoms with Crippen LogP contribution in [0.3, 0.4) is 0 Å². The van der Waals surface area contributed by atoms with Crippen LogP contribution in [0.25, 0.3) is 0 Å². The molecule has 0 heterocycles. The van der Waals surface area contributed by atoms with Crippen LogP contribution >= 0.6 is 0 Å². The van der Waals surface area contributed by atoms with E-state index in [0.29, 0.717) is 6.29 Å². The minimum atomic E-state index is -0.602. The van der Waals surface area contributed by atoms with Crippen molar-refractivity contribution < 1.29 is 14.3 Å². The molecule has 1 aliphatic rings. The van der Waals surface area contributed by atoms with E-state index >= 15 is 0 Å². The molecule has 0 saturated heterocycles. The number of ether oxygens (including phenoxy) is 1. The Balaban J connectivity index is 2.83. The summed E-state index contributed by atoms with van der Waals surface area (Å²) in [6, 6.07) is 0. The average Bonchev–Trinajstić information content (AvgIpc) is 2.17. The number of rotatable bonds is 4. The molecule has 0 aromatic carbocycles. The largest absolute Gasteiger partial charge is 0.359 e. The number of hydrogen-bond donors (Lipinski definition) is 0. The quantitative estimate of drug-likeness (QED) is 0.633. The molecule has 76 valence electrons. The molecule has 1 rings (SSSR count). The summed E-state index contributed by atoms with van der Waals surface area (Å²) in [6.45, 7) is 4.01. The van der Waals surface area contributed by atoms with Crippen LogP contribution in [0.1, 0.15) is 13.8 Å². The normalized spacial score (nSPS) is 18.9. The van der Waals surface area contributed by atoms with Crippen molar-refractivity contribution in [1.82, 2.24) is 0 Å². The number of aldehydes is 1. The lowest BCUT2D eigenvalue weighted by atomic mass is 9.86. The molecule has 0 atom stereocenters. The monoisotopic (exact) mass is 194 g/mol. The summed E-state index contributed by atoms with van der Waals surface area (Å²) in [5.74, 6) is 0.138. The van der Waals surface area contributed by atoms with Gasteiger partial charge in [0.1, 0.15) is 18.5 Å². The number of hydrogen-bond acceptors (Lipinski definition) is 3. The van der Waals surface area contributed by atoms with Crippen LogP contribution in [0.4, 0.5) is 0 Å². The van der Waals surface area contributed by atoms with Crippen molar-refractivity contribution in [1.29, 1.82) is 0 Å². The minimum absolute atomic E-state index is 0.0427. The van der Waals surface area contributed by atoms with Gasteiger partial charge in [0.15, 0.2) is 5.78 Å². The first-order valence-electron chi connectivity index (χ1n) is 4.61. The van der Waals surface area contributed by atoms with Crippen molar-refractivity contribution in [3.05, 3.63) is 24.3 Å². The molecule has 0 amide bonds. The van der Waals surface area contributed by atoms with Crippen molar-refractivity contribution in [3.8, 4) is 0 Å². The van der Waals surface area contributed by atoms with Gasteiger partial charge in [0.2, 0.25) is 0 Å². The third kappa shape index (κ3) is 2.17. The summed E-state index contributed by atoms with van der Waals surface area (Å²) in [6.07, 6.45) is 7.09. The van der Waals surface area contributed by atoms with Crippen LogP contribution in [0.15, 0.2) is 24.3 Å². The Morgan fingerprint density at radius 2 is 2.00 bits per heavy atom. The Hall–Kier alpha value is -1.22. The predicted octanol–water partition coefficient (Wildman–Crippen LogP) is 1.29. The van der Waals surface area contributed by atoms with Gasteiger partial charge in [0.05, 0.1) is 0 Å². The van der Waals surface area contributed by atoms with Crippen LogP contribution in [0.2, 0.25) is 0 Å². The molecule has 3 nitrogen and oxygen atoms in total. The highest BCUT2D eigenvalue weighted by Gasteiger charge is 2.31. The maximum Gasteiger partial charge on any atom is 0.178 e. The highest BCUT2D eigenvalue weighted by Crippen LogP contribution is 2.27. The molecule has 0 bridgehead atoms. The van der Waals surface area contributed by atoms with Crippen LogP contribution in [0, 0.1) is 5.92 Å². The molecule has 0 aromatic rings. The molecule has 0 fully saturated rings. The Morgan fingerprint density at radius 1 is 1.43 bits per heavy atom. The van der Waals surface area contributed by atoms with E-state index in [9.17, 15) is 9.59 Å². The van der Waals surface area contributed by atoms with E-state index in [1.165, 1.54) is 12.2 Å². The highest BCUT2D eigenvalue weighted by molar-refractivity contribution is 6.00. The maximum absolute atomic E-state index is 10.9. The first-order chi connectivity index (χ1) is 6.60. The summed E-state index contributed by atoms with van der Waals surface area (Å²) in [4.78, 5) is 21.2. The average molecular weight is 194 g/mol. The van der Waals surface area contributed by atoms with Crippen molar-refractivity contribution >= 4 is 12.1 Å². The Morgan fingerprint density at radius 3 is 2.43 bits per heavy atom. The molecule has 0 radical (unpaired) electrons. The van der Waals surface area contributed by atoms with Crippen molar-refractivity contribution in [2.24, 2.45) is 5.92 Å². The summed E-state index contributed by atoms with van der Waals surface area (Å²) in [5.41, 5.74) is -0.602. The smallest absolute Gasteiger partial charge is 0.178 e. The fourth-order valence-electron chi connectivity index (χ4n) is 1.36. The number of carbonyl (C=O) groups is 2. The third-order valence-electron chi connectivity index (χ3n) is 2.32. The summed E-state index contributed by atoms with van der Waals surface area (Å²) < 4.78 is 5.44. The summed E-state index contributed by atoms with van der Waals surface area (Å²) >= 11 is 0. The lowest BCUT2D eigenvalue weighted by Gasteiger charge is -2.32. The molecular formula is C11H14O3. The Kier molecular flexibility index (Phi) is 3.36. The molecular weight excluding hydrogens is 180 g/mol. The van der Waals surface area contributed by atoms with Crippen molar-refractivity contribution in [2.45, 2.75) is 19.4 Å². The topological polar surface area (TPSA) is 43.4 Å². The SMILES string of the molecule is CC(C)C1(OCC=O)C=CC(=O)C=C1. The Labute approximate surface area is 83.4 Å². The van der Waals surface area contributed by atoms with E-state index in [4.69, 9.17) is 4.74 Å². The minimum Gasteiger partial charge on any atom is -0.359 e. The molecule has 0 aromatic heterocycles. The van der Waals surface area contributed by atoms with Gasteiger partial charge in [0, 0.05) is 0 Å². The molecule has 0 saturated carbocycles. The fraction of sp³-hybridized carbons (Fsp3) is 0.455. The zero-order valence-corrected chi connectivity index (χ0v) is 8.40. The Bertz CT molecular complexity index is 271. The van der Waals surface area contributed by atoms with Crippen molar-refractivity contribution in [3.63, 3.8) is 0 Å². The van der Waals surface area contributed by atoms with Crippen LogP contribution < -0.4 is 0 Å². The van der Waals surface area contributed by atoms with Gasteiger partial charge in [-0.05, 0) is 30.2 Å². The van der Waals surface area contributed by atoms with Crippen LogP contribution in [-0.2, 0) is 14.3 Å². The molecule has 3 heteroatoms. The molecule has 1 aliphatic carbocycles. The van der Waals surface area contributed by atoms with Gasteiger partial charge in [-0.25, -0.2) is 0 Å². The number of allylic oxidation sites excluding steroid dienone is 2. The van der Waals surface area contributed by atoms with E-state index in [-0.39, 0.29) is 18.3 Å². The van der Waals surface area contributed by atoms with Gasteiger partial charge in [-0.2, -0.15) is 0 Å². The van der Waals surface area contributed by atoms with Crippen LogP contribution in [0.5, 0.6) is 0 Å². The van der Waals surface area contributed by atoms with Crippen LogP contribution in [-0.4, -0.2) is 24.3 Å². The zero-order chi connectivity index (χ0) is 10.6. The van der Waals surface area contributed by atoms with Gasteiger partial charge in [-0.1, -0.05) is 13.8 Å². The second-order valence-corrected chi connectivity index (χ2v) is 3.55. The zero-order valence-electron chi connectivity index (χ0n) is 8.40. The van der Waals surface area contributed by atoms with Gasteiger partial charge < -0.3 is 9.53 Å². The second-order valence-electron chi connectivity index (χ2n) is 3.55. The van der Waals surface area contributed by atoms with E-state index in [1.54, 1.807) is 12.2 Å². The molecule has 14 heavy (non-hydrogen) atoms. The third-order valence-corrected chi connectivity index (χ3v) is 2.32. The van der Waals surface area contributed by atoms with Gasteiger partial charge in [-0.3, -0.25) is 4.79 Å². The highest BCUT2D eigenvalue weighted by atomic mass is 16.5. The standard InChI is InChI=1S/C11H14O3/c1-9(2)11(14-8-7-12)5-3-10(13)4-6-11/h3-7,9H,8H2,1-2H3. The number of carbonyl (C=O) groups excluding carboxylic acids is 2. The van der Waals surface area contributed by atoms with E-state index in [2.05, 4.69) is 0 Å². The second kappa shape index (κ2) is 4.33. The van der Waals surface area contributed by atoms with Crippen molar-refractivity contribution in [2.75, 3.05) is 6.61 Å². The first-order valence-corrected chi connectivity index (χ1v) is 4.61. The van der Waals surface area contributed by atoms with E-state index in [1.807, 2.05) is 13.8 Å². The van der Waals surface area contributed by atoms with Gasteiger partial charge in [0.25, 0.3) is 0 Å². The van der Waals surface area contributed by atoms with Gasteiger partial charge in [-0.15, -0.1) is 0 Å². The molecule has 0 unspecified atom stereocenters. The molecule has 0 aliphatic heterocycles. The lowest BCUT2D eigenvalue weighted by Crippen LogP contribution is -2.36. The lowest BCUT2D eigenvalue weighted by molar-refractivity contribution is -0.116. The summed E-state index contributed by atoms with van der Waals surface area (Å²) in [7, 11) is 0. The first kappa shape index (κ1) is 10.9. The predicted molar refractivity (Wildman–Crippen MR) is 52.9 cm³/mol. The summed E-state index contributed by atoms with van der Waals surface area (Å²) in [5, 5.41) is 0. The van der Waals surface area contributed by atoms with E-state index < -0.39 is 5.60 Å². The maximum atomic E-state index is 10.9. The fourth-order valence-corrected chi connectivity index (χ4v) is 1.36. The molecule has 0 spiro atoms. The van der Waals surface area contributed by atoms with E-state index in [0.717, 1.165) is 0 Å².